The topological polar surface area (TPSA) is 47.5 Å². The number of likely N-dealkylation sites (tertiary alicyclic amines) is 1. The van der Waals surface area contributed by atoms with Gasteiger partial charge >= 0.3 is 0 Å². The number of hydrogen-bond donors (Lipinski definition) is 0. The summed E-state index contributed by atoms with van der Waals surface area (Å²) in [5, 5.41) is 8.72. The van der Waals surface area contributed by atoms with E-state index in [2.05, 4.69) is 17.1 Å². The summed E-state index contributed by atoms with van der Waals surface area (Å²) in [5.74, 6) is 0.399. The third-order valence-corrected chi connectivity index (χ3v) is 7.04. The average molecular weight is 474 g/mol. The van der Waals surface area contributed by atoms with Crippen molar-refractivity contribution < 1.29 is 18.3 Å². The van der Waals surface area contributed by atoms with Gasteiger partial charge in [0.05, 0.1) is 17.7 Å². The molecule has 1 unspecified atom stereocenters. The van der Waals surface area contributed by atoms with Crippen LogP contribution in [-0.2, 0) is 6.42 Å². The van der Waals surface area contributed by atoms with Crippen LogP contribution in [0.2, 0.25) is 0 Å². The molecule has 0 amide bonds. The molecule has 2 fully saturated rings. The first-order valence-electron chi connectivity index (χ1n) is 12.8. The van der Waals surface area contributed by atoms with E-state index in [-0.39, 0.29) is 0 Å². The maximum atomic E-state index is 13.6. The molecule has 7 heteroatoms. The van der Waals surface area contributed by atoms with Crippen molar-refractivity contribution in [3.05, 3.63) is 36.0 Å². The molecule has 0 radical (unpaired) electrons. The molecule has 1 aromatic heterocycles. The molecule has 0 bridgehead atoms. The number of rotatable bonds is 9. The lowest BCUT2D eigenvalue weighted by molar-refractivity contribution is -0.0383. The molecule has 1 saturated carbocycles. The van der Waals surface area contributed by atoms with E-state index in [1.54, 1.807) is 0 Å². The fourth-order valence-corrected chi connectivity index (χ4v) is 4.98. The van der Waals surface area contributed by atoms with Crippen LogP contribution in [0, 0.1) is 5.92 Å². The van der Waals surface area contributed by atoms with Crippen LogP contribution >= 0.6 is 0 Å². The summed E-state index contributed by atoms with van der Waals surface area (Å²) in [6, 6.07) is 9.98. The van der Waals surface area contributed by atoms with E-state index in [1.807, 2.05) is 42.3 Å². The van der Waals surface area contributed by atoms with Crippen LogP contribution in [0.5, 0.6) is 11.6 Å². The first-order chi connectivity index (χ1) is 16.5. The normalized spacial score (nSPS) is 22.1. The summed E-state index contributed by atoms with van der Waals surface area (Å²) >= 11 is 0. The van der Waals surface area contributed by atoms with Gasteiger partial charge in [0.15, 0.2) is 0 Å². The minimum Gasteiger partial charge on any atom is -0.490 e. The van der Waals surface area contributed by atoms with Gasteiger partial charge in [-0.3, -0.25) is 0 Å². The predicted molar refractivity (Wildman–Crippen MR) is 130 cm³/mol. The van der Waals surface area contributed by atoms with Gasteiger partial charge in [0.2, 0.25) is 12.3 Å². The number of unbranched alkanes of at least 4 members (excludes halogenated alkanes) is 1. The van der Waals surface area contributed by atoms with E-state index >= 15 is 0 Å². The molecule has 2 aliphatic rings. The fourth-order valence-electron chi connectivity index (χ4n) is 4.98. The van der Waals surface area contributed by atoms with E-state index < -0.39 is 18.4 Å². The van der Waals surface area contributed by atoms with Gasteiger partial charge in [-0.1, -0.05) is 31.9 Å². The molecule has 0 N–H and O–H groups in total. The second-order valence-corrected chi connectivity index (χ2v) is 9.75. The van der Waals surface area contributed by atoms with Gasteiger partial charge in [-0.2, -0.15) is 5.10 Å². The Labute approximate surface area is 201 Å². The summed E-state index contributed by atoms with van der Waals surface area (Å²) in [6.07, 6.45) is 6.58. The van der Waals surface area contributed by atoms with Crippen molar-refractivity contribution in [2.24, 2.45) is 5.92 Å². The molecule has 5 nitrogen and oxygen atoms in total. The molecule has 34 heavy (non-hydrogen) atoms. The highest BCUT2D eigenvalue weighted by Crippen LogP contribution is 2.32. The minimum absolute atomic E-state index is 0.304. The number of nitrogens with zero attached hydrogens (tertiary/aromatic N) is 3. The Bertz CT molecular complexity index is 903. The Morgan fingerprint density at radius 3 is 2.50 bits per heavy atom. The highest BCUT2D eigenvalue weighted by molar-refractivity contribution is 5.67. The second-order valence-electron chi connectivity index (χ2n) is 9.75. The van der Waals surface area contributed by atoms with Crippen LogP contribution in [0.25, 0.3) is 11.1 Å². The average Bonchev–Trinajstić information content (AvgIpc) is 2.84. The number of likely N-dealkylation sites (N-methyl/N-ethyl adjacent to an activating group) is 1. The van der Waals surface area contributed by atoms with Crippen molar-refractivity contribution in [1.29, 1.82) is 0 Å². The van der Waals surface area contributed by atoms with E-state index in [9.17, 15) is 8.78 Å². The number of piperidine rings is 1. The largest absolute Gasteiger partial charge is 0.490 e. The van der Waals surface area contributed by atoms with Crippen LogP contribution in [0.4, 0.5) is 8.78 Å². The standard InChI is InChI=1S/C27H37F2N3O2/c1-3-4-10-24-23(19-11-13-21(14-12-19)33-20-8-6-5-7-9-20)17-26(31-30-24)34-25-18-32(2)16-15-22(25)27(28)29/h11-14,17,20,22,25,27H,3-10,15-16,18H2,1-2H3/t22?,25-/m1/s1. The zero-order chi connectivity index (χ0) is 23.9. The van der Waals surface area contributed by atoms with E-state index in [4.69, 9.17) is 9.47 Å². The fraction of sp³-hybridized carbons (Fsp3) is 0.630. The number of halogens is 2. The molecule has 1 aliphatic heterocycles. The lowest BCUT2D eigenvalue weighted by Gasteiger charge is -2.35. The van der Waals surface area contributed by atoms with Gasteiger partial charge < -0.3 is 14.4 Å². The number of benzene rings is 1. The summed E-state index contributed by atoms with van der Waals surface area (Å²) in [6.45, 7) is 3.25. The van der Waals surface area contributed by atoms with Gasteiger partial charge in [0, 0.05) is 18.2 Å². The van der Waals surface area contributed by atoms with Crippen LogP contribution in [0.3, 0.4) is 0 Å². The lowest BCUT2D eigenvalue weighted by atomic mass is 9.94. The Morgan fingerprint density at radius 2 is 1.79 bits per heavy atom. The maximum Gasteiger partial charge on any atom is 0.245 e. The van der Waals surface area contributed by atoms with Crippen molar-refractivity contribution >= 4 is 0 Å². The monoisotopic (exact) mass is 473 g/mol. The minimum atomic E-state index is -2.41. The zero-order valence-corrected chi connectivity index (χ0v) is 20.4. The predicted octanol–water partition coefficient (Wildman–Crippen LogP) is 6.16. The molecule has 0 spiro atoms. The van der Waals surface area contributed by atoms with E-state index in [0.29, 0.717) is 31.5 Å². The first kappa shape index (κ1) is 24.8. The third-order valence-electron chi connectivity index (χ3n) is 7.04. The molecule has 4 rings (SSSR count). The Morgan fingerprint density at radius 1 is 1.03 bits per heavy atom. The molecule has 2 heterocycles. The van der Waals surface area contributed by atoms with Gasteiger partial charge in [-0.25, -0.2) is 8.78 Å². The molecule has 1 aromatic carbocycles. The smallest absolute Gasteiger partial charge is 0.245 e. The van der Waals surface area contributed by atoms with Crippen LogP contribution in [-0.4, -0.2) is 53.9 Å². The van der Waals surface area contributed by atoms with Gasteiger partial charge in [0.1, 0.15) is 11.9 Å². The summed E-state index contributed by atoms with van der Waals surface area (Å²) in [7, 11) is 1.93. The Hall–Kier alpha value is -2.28. The SMILES string of the molecule is CCCCc1nnc(O[C@@H]2CN(C)CCC2C(F)F)cc1-c1ccc(OC2CCCCC2)cc1. The molecule has 2 atom stereocenters. The highest BCUT2D eigenvalue weighted by Gasteiger charge is 2.36. The van der Waals surface area contributed by atoms with Gasteiger partial charge in [-0.05, 0) is 76.2 Å². The second kappa shape index (κ2) is 11.9. The quantitative estimate of drug-likeness (QED) is 0.436. The van der Waals surface area contributed by atoms with Crippen molar-refractivity contribution in [1.82, 2.24) is 15.1 Å². The summed E-state index contributed by atoms with van der Waals surface area (Å²) in [4.78, 5) is 2.03. The van der Waals surface area contributed by atoms with Gasteiger partial charge in [-0.15, -0.1) is 5.10 Å². The van der Waals surface area contributed by atoms with Crippen LogP contribution < -0.4 is 9.47 Å². The van der Waals surface area contributed by atoms with Crippen molar-refractivity contribution in [2.45, 2.75) is 83.3 Å². The third kappa shape index (κ3) is 6.44. The first-order valence-corrected chi connectivity index (χ1v) is 12.8. The van der Waals surface area contributed by atoms with Crippen LogP contribution in [0.15, 0.2) is 30.3 Å². The number of alkyl halides is 2. The molecule has 1 saturated heterocycles. The van der Waals surface area contributed by atoms with Crippen molar-refractivity contribution in [2.75, 3.05) is 20.1 Å². The molecular formula is C27H37F2N3O2. The summed E-state index contributed by atoms with van der Waals surface area (Å²) < 4.78 is 39.4. The molecule has 186 valence electrons. The zero-order valence-electron chi connectivity index (χ0n) is 20.4. The van der Waals surface area contributed by atoms with Crippen molar-refractivity contribution in [3.8, 4) is 22.8 Å². The highest BCUT2D eigenvalue weighted by atomic mass is 19.3. The molecule has 1 aliphatic carbocycles. The molecular weight excluding hydrogens is 436 g/mol. The van der Waals surface area contributed by atoms with Gasteiger partial charge in [0.25, 0.3) is 0 Å². The summed E-state index contributed by atoms with van der Waals surface area (Å²) in [5.41, 5.74) is 2.86. The Balaban J connectivity index is 1.54. The molecule has 2 aromatic rings. The number of aromatic nitrogens is 2. The van der Waals surface area contributed by atoms with E-state index in [1.165, 1.54) is 19.3 Å². The maximum absolute atomic E-state index is 13.6. The van der Waals surface area contributed by atoms with Crippen LogP contribution in [0.1, 0.15) is 64.0 Å². The number of ether oxygens (including phenoxy) is 2. The Kier molecular flexibility index (Phi) is 8.70. The number of hydrogen-bond acceptors (Lipinski definition) is 5. The lowest BCUT2D eigenvalue weighted by Crippen LogP contribution is -2.47. The van der Waals surface area contributed by atoms with Crippen molar-refractivity contribution in [3.63, 3.8) is 0 Å². The van der Waals surface area contributed by atoms with E-state index in [0.717, 1.165) is 54.7 Å². The number of aryl methyl sites for hydroxylation is 1.